The van der Waals surface area contributed by atoms with Crippen LogP contribution < -0.4 is 5.73 Å². The van der Waals surface area contributed by atoms with Gasteiger partial charge in [0.05, 0.1) is 5.92 Å². The Kier molecular flexibility index (Phi) is 4.43. The Hall–Kier alpha value is -1.42. The molecule has 4 heteroatoms. The zero-order valence-corrected chi connectivity index (χ0v) is 9.19. The molecule has 2 unspecified atom stereocenters. The van der Waals surface area contributed by atoms with Crippen LogP contribution in [0.4, 0.5) is 4.39 Å². The topological polar surface area (TPSA) is 63.3 Å². The minimum atomic E-state index is -0.951. The number of carbonyl (C=O) groups is 1. The normalized spacial score (nSPS) is 14.4. The Balaban J connectivity index is 2.92. The summed E-state index contributed by atoms with van der Waals surface area (Å²) in [7, 11) is 0. The second-order valence-electron chi connectivity index (χ2n) is 3.86. The summed E-state index contributed by atoms with van der Waals surface area (Å²) in [6.07, 6.45) is -0.638. The van der Waals surface area contributed by atoms with E-state index in [-0.39, 0.29) is 6.54 Å². The highest BCUT2D eigenvalue weighted by Crippen LogP contribution is 2.17. The zero-order chi connectivity index (χ0) is 12.1. The average molecular weight is 225 g/mol. The summed E-state index contributed by atoms with van der Waals surface area (Å²) in [6, 6.07) is 6.94. The number of carboxylic acid groups (broad SMARTS) is 1. The van der Waals surface area contributed by atoms with Crippen LogP contribution in [0, 0.1) is 0 Å². The van der Waals surface area contributed by atoms with Gasteiger partial charge >= 0.3 is 5.97 Å². The predicted octanol–water partition coefficient (Wildman–Crippen LogP) is 1.71. The largest absolute Gasteiger partial charge is 0.481 e. The molecule has 1 aromatic rings. The van der Waals surface area contributed by atoms with Crippen LogP contribution in [0.1, 0.15) is 24.0 Å². The average Bonchev–Trinajstić information content (AvgIpc) is 2.17. The molecule has 0 aliphatic rings. The van der Waals surface area contributed by atoms with Crippen molar-refractivity contribution in [1.82, 2.24) is 0 Å². The van der Waals surface area contributed by atoms with E-state index in [1.807, 2.05) is 0 Å². The maximum atomic E-state index is 12.8. The fourth-order valence-corrected chi connectivity index (χ4v) is 1.64. The minimum Gasteiger partial charge on any atom is -0.481 e. The molecule has 0 saturated carbocycles. The second kappa shape index (κ2) is 5.61. The van der Waals surface area contributed by atoms with Gasteiger partial charge in [0.1, 0.15) is 6.17 Å². The van der Waals surface area contributed by atoms with Gasteiger partial charge in [-0.25, -0.2) is 4.39 Å². The van der Waals surface area contributed by atoms with Crippen LogP contribution in [0.5, 0.6) is 0 Å². The van der Waals surface area contributed by atoms with Gasteiger partial charge in [-0.1, -0.05) is 24.3 Å². The van der Waals surface area contributed by atoms with Crippen molar-refractivity contribution >= 4 is 5.97 Å². The van der Waals surface area contributed by atoms with E-state index in [2.05, 4.69) is 0 Å². The SMILES string of the molecule is CC(F)Cc1cccc(C(CN)C(=O)O)c1. The highest BCUT2D eigenvalue weighted by Gasteiger charge is 2.18. The van der Waals surface area contributed by atoms with Gasteiger partial charge in [-0.2, -0.15) is 0 Å². The van der Waals surface area contributed by atoms with Crippen LogP contribution in [-0.2, 0) is 11.2 Å². The summed E-state index contributed by atoms with van der Waals surface area (Å²) in [5.41, 5.74) is 6.83. The van der Waals surface area contributed by atoms with Crippen molar-refractivity contribution in [3.63, 3.8) is 0 Å². The minimum absolute atomic E-state index is 0.0456. The maximum absolute atomic E-state index is 12.8. The standard InChI is InChI=1S/C12H16FNO2/c1-8(13)5-9-3-2-4-10(6-9)11(7-14)12(15)16/h2-4,6,8,11H,5,7,14H2,1H3,(H,15,16). The summed E-state index contributed by atoms with van der Waals surface area (Å²) in [5, 5.41) is 8.95. The van der Waals surface area contributed by atoms with E-state index in [0.717, 1.165) is 5.56 Å². The van der Waals surface area contributed by atoms with E-state index in [9.17, 15) is 9.18 Å². The lowest BCUT2D eigenvalue weighted by atomic mass is 9.96. The molecule has 0 radical (unpaired) electrons. The molecule has 0 heterocycles. The number of benzene rings is 1. The van der Waals surface area contributed by atoms with Crippen LogP contribution in [0.2, 0.25) is 0 Å². The fraction of sp³-hybridized carbons (Fsp3) is 0.417. The summed E-state index contributed by atoms with van der Waals surface area (Å²) in [4.78, 5) is 10.9. The molecule has 16 heavy (non-hydrogen) atoms. The second-order valence-corrected chi connectivity index (χ2v) is 3.86. The maximum Gasteiger partial charge on any atom is 0.312 e. The van der Waals surface area contributed by atoms with Crippen LogP contribution in [-0.4, -0.2) is 23.8 Å². The van der Waals surface area contributed by atoms with E-state index in [0.29, 0.717) is 12.0 Å². The lowest BCUT2D eigenvalue weighted by molar-refractivity contribution is -0.138. The smallest absolute Gasteiger partial charge is 0.312 e. The molecule has 2 atom stereocenters. The van der Waals surface area contributed by atoms with E-state index in [1.165, 1.54) is 6.92 Å². The van der Waals surface area contributed by atoms with Gasteiger partial charge in [0.15, 0.2) is 0 Å². The van der Waals surface area contributed by atoms with Gasteiger partial charge < -0.3 is 10.8 Å². The number of alkyl halides is 1. The van der Waals surface area contributed by atoms with E-state index < -0.39 is 18.1 Å². The van der Waals surface area contributed by atoms with Gasteiger partial charge in [0.2, 0.25) is 0 Å². The summed E-state index contributed by atoms with van der Waals surface area (Å²) < 4.78 is 12.8. The molecule has 0 spiro atoms. The molecule has 0 amide bonds. The lowest BCUT2D eigenvalue weighted by Gasteiger charge is -2.11. The molecule has 0 aliphatic carbocycles. The molecule has 1 aromatic carbocycles. The van der Waals surface area contributed by atoms with Gasteiger partial charge in [0.25, 0.3) is 0 Å². The summed E-state index contributed by atoms with van der Waals surface area (Å²) in [5.74, 6) is -1.66. The summed E-state index contributed by atoms with van der Waals surface area (Å²) >= 11 is 0. The highest BCUT2D eigenvalue weighted by molar-refractivity contribution is 5.76. The number of aliphatic carboxylic acids is 1. The van der Waals surface area contributed by atoms with E-state index in [4.69, 9.17) is 10.8 Å². The van der Waals surface area contributed by atoms with Crippen molar-refractivity contribution < 1.29 is 14.3 Å². The Labute approximate surface area is 94.1 Å². The number of halogens is 1. The molecule has 0 bridgehead atoms. The first kappa shape index (κ1) is 12.6. The van der Waals surface area contributed by atoms with Crippen molar-refractivity contribution in [2.45, 2.75) is 25.4 Å². The van der Waals surface area contributed by atoms with E-state index in [1.54, 1.807) is 24.3 Å². The number of carboxylic acids is 1. The molecule has 0 fully saturated rings. The first-order chi connectivity index (χ1) is 7.54. The van der Waals surface area contributed by atoms with Crippen LogP contribution >= 0.6 is 0 Å². The van der Waals surface area contributed by atoms with E-state index >= 15 is 0 Å². The molecule has 3 nitrogen and oxygen atoms in total. The van der Waals surface area contributed by atoms with Gasteiger partial charge in [-0.3, -0.25) is 4.79 Å². The molecule has 0 saturated heterocycles. The monoisotopic (exact) mass is 225 g/mol. The molecule has 3 N–H and O–H groups in total. The van der Waals surface area contributed by atoms with Crippen molar-refractivity contribution in [1.29, 1.82) is 0 Å². The first-order valence-corrected chi connectivity index (χ1v) is 5.20. The van der Waals surface area contributed by atoms with Crippen LogP contribution in [0.15, 0.2) is 24.3 Å². The zero-order valence-electron chi connectivity index (χ0n) is 9.19. The third-order valence-corrected chi connectivity index (χ3v) is 2.40. The fourth-order valence-electron chi connectivity index (χ4n) is 1.64. The highest BCUT2D eigenvalue weighted by atomic mass is 19.1. The Bertz CT molecular complexity index is 366. The van der Waals surface area contributed by atoms with Gasteiger partial charge in [0, 0.05) is 13.0 Å². The van der Waals surface area contributed by atoms with Gasteiger partial charge in [-0.15, -0.1) is 0 Å². The third kappa shape index (κ3) is 3.31. The third-order valence-electron chi connectivity index (χ3n) is 2.40. The number of nitrogens with two attached hydrogens (primary N) is 1. The van der Waals surface area contributed by atoms with Crippen molar-refractivity contribution in [2.75, 3.05) is 6.54 Å². The predicted molar refractivity (Wildman–Crippen MR) is 60.1 cm³/mol. The molecule has 0 aliphatic heterocycles. The molecular weight excluding hydrogens is 209 g/mol. The first-order valence-electron chi connectivity index (χ1n) is 5.20. The summed E-state index contributed by atoms with van der Waals surface area (Å²) in [6.45, 7) is 1.52. The Morgan fingerprint density at radius 2 is 2.25 bits per heavy atom. The van der Waals surface area contributed by atoms with Crippen molar-refractivity contribution in [2.24, 2.45) is 5.73 Å². The van der Waals surface area contributed by atoms with Crippen molar-refractivity contribution in [3.05, 3.63) is 35.4 Å². The number of hydrogen-bond donors (Lipinski definition) is 2. The number of hydrogen-bond acceptors (Lipinski definition) is 2. The quantitative estimate of drug-likeness (QED) is 0.801. The Morgan fingerprint density at radius 3 is 2.75 bits per heavy atom. The van der Waals surface area contributed by atoms with Gasteiger partial charge in [-0.05, 0) is 18.1 Å². The lowest BCUT2D eigenvalue weighted by Crippen LogP contribution is -2.21. The molecule has 88 valence electrons. The van der Waals surface area contributed by atoms with Crippen LogP contribution in [0.3, 0.4) is 0 Å². The Morgan fingerprint density at radius 1 is 1.56 bits per heavy atom. The molecule has 0 aromatic heterocycles. The van der Waals surface area contributed by atoms with Crippen molar-refractivity contribution in [3.8, 4) is 0 Å². The molecular formula is C12H16FNO2. The molecule has 1 rings (SSSR count). The van der Waals surface area contributed by atoms with Crippen LogP contribution in [0.25, 0.3) is 0 Å². The number of rotatable bonds is 5.